The van der Waals surface area contributed by atoms with Crippen LogP contribution < -0.4 is 5.32 Å². The maximum atomic E-state index is 4.86. The van der Waals surface area contributed by atoms with Gasteiger partial charge in [-0.15, -0.1) is 11.3 Å². The summed E-state index contributed by atoms with van der Waals surface area (Å²) in [5, 5.41) is 7.21. The Morgan fingerprint density at radius 2 is 2.31 bits per heavy atom. The summed E-state index contributed by atoms with van der Waals surface area (Å²) in [6, 6.07) is 0.545. The van der Waals surface area contributed by atoms with Gasteiger partial charge in [0.25, 0.3) is 0 Å². The zero-order chi connectivity index (χ0) is 11.0. The van der Waals surface area contributed by atoms with Crippen LogP contribution in [-0.2, 0) is 0 Å². The number of rotatable bonds is 2. The van der Waals surface area contributed by atoms with Crippen molar-refractivity contribution in [2.24, 2.45) is 5.92 Å². The maximum absolute atomic E-state index is 4.86. The fraction of sp³-hybridized carbons (Fsp3) is 0.769. The van der Waals surface area contributed by atoms with Gasteiger partial charge < -0.3 is 5.32 Å². The van der Waals surface area contributed by atoms with Gasteiger partial charge in [0.15, 0.2) is 0 Å². The molecule has 1 aliphatic heterocycles. The van der Waals surface area contributed by atoms with Gasteiger partial charge in [-0.2, -0.15) is 0 Å². The third-order valence-electron chi connectivity index (χ3n) is 4.00. The summed E-state index contributed by atoms with van der Waals surface area (Å²) in [6.45, 7) is 3.53. The Morgan fingerprint density at radius 1 is 1.38 bits per heavy atom. The van der Waals surface area contributed by atoms with E-state index in [-0.39, 0.29) is 0 Å². The molecule has 1 aliphatic carbocycles. The number of hydrogen-bond donors (Lipinski definition) is 1. The fourth-order valence-electron chi connectivity index (χ4n) is 3.02. The van der Waals surface area contributed by atoms with E-state index < -0.39 is 0 Å². The Labute approximate surface area is 101 Å². The van der Waals surface area contributed by atoms with Gasteiger partial charge in [0, 0.05) is 11.3 Å². The number of thiazole rings is 1. The molecule has 1 aromatic heterocycles. The van der Waals surface area contributed by atoms with Crippen molar-refractivity contribution in [2.75, 3.05) is 6.54 Å². The molecule has 1 saturated heterocycles. The monoisotopic (exact) mass is 236 g/mol. The van der Waals surface area contributed by atoms with Crippen LogP contribution in [-0.4, -0.2) is 11.5 Å². The van der Waals surface area contributed by atoms with Crippen LogP contribution in [0, 0.1) is 5.92 Å². The SMILES string of the molecule is CC1CCC(c2nc(C3CCCN3)cs2)C1. The van der Waals surface area contributed by atoms with Crippen LogP contribution in [0.15, 0.2) is 5.38 Å². The van der Waals surface area contributed by atoms with Gasteiger partial charge in [-0.1, -0.05) is 13.3 Å². The molecule has 2 nitrogen and oxygen atoms in total. The summed E-state index contributed by atoms with van der Waals surface area (Å²) < 4.78 is 0. The number of nitrogens with one attached hydrogen (secondary N) is 1. The molecule has 0 bridgehead atoms. The summed E-state index contributed by atoms with van der Waals surface area (Å²) in [4.78, 5) is 4.86. The highest BCUT2D eigenvalue weighted by Gasteiger charge is 2.26. The first kappa shape index (κ1) is 10.7. The van der Waals surface area contributed by atoms with E-state index in [0.29, 0.717) is 6.04 Å². The zero-order valence-corrected chi connectivity index (χ0v) is 10.7. The minimum Gasteiger partial charge on any atom is -0.309 e. The van der Waals surface area contributed by atoms with Gasteiger partial charge in [-0.3, -0.25) is 0 Å². The Hall–Kier alpha value is -0.410. The van der Waals surface area contributed by atoms with E-state index in [1.54, 1.807) is 0 Å². The average Bonchev–Trinajstić information content (AvgIpc) is 2.97. The molecule has 0 spiro atoms. The molecule has 1 aromatic rings. The van der Waals surface area contributed by atoms with Crippen molar-refractivity contribution in [3.63, 3.8) is 0 Å². The van der Waals surface area contributed by atoms with E-state index in [9.17, 15) is 0 Å². The van der Waals surface area contributed by atoms with Gasteiger partial charge in [-0.25, -0.2) is 4.98 Å². The van der Waals surface area contributed by atoms with Crippen molar-refractivity contribution < 1.29 is 0 Å². The summed E-state index contributed by atoms with van der Waals surface area (Å²) in [5.74, 6) is 1.66. The summed E-state index contributed by atoms with van der Waals surface area (Å²) >= 11 is 1.88. The predicted molar refractivity (Wildman–Crippen MR) is 67.8 cm³/mol. The molecule has 1 N–H and O–H groups in total. The molecule has 3 unspecified atom stereocenters. The molecule has 3 rings (SSSR count). The summed E-state index contributed by atoms with van der Waals surface area (Å²) in [6.07, 6.45) is 6.67. The van der Waals surface area contributed by atoms with Gasteiger partial charge in [0.1, 0.15) is 0 Å². The predicted octanol–water partition coefficient (Wildman–Crippen LogP) is 3.47. The first-order valence-corrected chi connectivity index (χ1v) is 7.39. The first-order chi connectivity index (χ1) is 7.83. The van der Waals surface area contributed by atoms with Crippen LogP contribution in [0.4, 0.5) is 0 Å². The smallest absolute Gasteiger partial charge is 0.0960 e. The van der Waals surface area contributed by atoms with Crippen LogP contribution >= 0.6 is 11.3 Å². The van der Waals surface area contributed by atoms with Crippen LogP contribution in [0.5, 0.6) is 0 Å². The Balaban J connectivity index is 1.72. The number of hydrogen-bond acceptors (Lipinski definition) is 3. The quantitative estimate of drug-likeness (QED) is 0.850. The Kier molecular flexibility index (Phi) is 2.99. The van der Waals surface area contributed by atoms with E-state index in [4.69, 9.17) is 4.98 Å². The van der Waals surface area contributed by atoms with Gasteiger partial charge in [0.05, 0.1) is 16.7 Å². The van der Waals surface area contributed by atoms with E-state index in [0.717, 1.165) is 18.4 Å². The lowest BCUT2D eigenvalue weighted by molar-refractivity contribution is 0.591. The van der Waals surface area contributed by atoms with Crippen molar-refractivity contribution >= 4 is 11.3 Å². The van der Waals surface area contributed by atoms with Gasteiger partial charge in [-0.05, 0) is 38.1 Å². The lowest BCUT2D eigenvalue weighted by Gasteiger charge is -2.07. The second-order valence-electron chi connectivity index (χ2n) is 5.37. The Morgan fingerprint density at radius 3 is 3.00 bits per heavy atom. The lowest BCUT2D eigenvalue weighted by atomic mass is 10.1. The van der Waals surface area contributed by atoms with Crippen LogP contribution in [0.2, 0.25) is 0 Å². The molecule has 0 amide bonds. The highest BCUT2D eigenvalue weighted by molar-refractivity contribution is 7.09. The molecule has 0 aromatic carbocycles. The summed E-state index contributed by atoms with van der Waals surface area (Å²) in [5.41, 5.74) is 1.30. The minimum atomic E-state index is 0.545. The van der Waals surface area contributed by atoms with Crippen molar-refractivity contribution in [3.05, 3.63) is 16.1 Å². The molecule has 1 saturated carbocycles. The molecule has 3 heteroatoms. The lowest BCUT2D eigenvalue weighted by Crippen LogP contribution is -2.13. The zero-order valence-electron chi connectivity index (χ0n) is 9.91. The average molecular weight is 236 g/mol. The second-order valence-corrected chi connectivity index (χ2v) is 6.26. The molecule has 3 atom stereocenters. The molecule has 2 heterocycles. The molecule has 2 aliphatic rings. The normalized spacial score (nSPS) is 34.7. The van der Waals surface area contributed by atoms with Gasteiger partial charge in [0.2, 0.25) is 0 Å². The molecule has 0 radical (unpaired) electrons. The minimum absolute atomic E-state index is 0.545. The molecular formula is C13H20N2S. The number of nitrogens with zero attached hydrogens (tertiary/aromatic N) is 1. The highest BCUT2D eigenvalue weighted by atomic mass is 32.1. The number of aromatic nitrogens is 1. The third-order valence-corrected chi connectivity index (χ3v) is 5.03. The molecule has 16 heavy (non-hydrogen) atoms. The van der Waals surface area contributed by atoms with Crippen LogP contribution in [0.25, 0.3) is 0 Å². The van der Waals surface area contributed by atoms with E-state index >= 15 is 0 Å². The second kappa shape index (κ2) is 4.46. The van der Waals surface area contributed by atoms with Crippen molar-refractivity contribution in [3.8, 4) is 0 Å². The standard InChI is InChI=1S/C13H20N2S/c1-9-4-5-10(7-9)13-15-12(8-16-13)11-3-2-6-14-11/h8-11,14H,2-7H2,1H3. The van der Waals surface area contributed by atoms with Crippen molar-refractivity contribution in [1.82, 2.24) is 10.3 Å². The van der Waals surface area contributed by atoms with Crippen LogP contribution in [0.3, 0.4) is 0 Å². The molecule has 2 fully saturated rings. The molecule has 88 valence electrons. The first-order valence-electron chi connectivity index (χ1n) is 6.51. The highest BCUT2D eigenvalue weighted by Crippen LogP contribution is 2.39. The van der Waals surface area contributed by atoms with E-state index in [1.807, 2.05) is 11.3 Å². The maximum Gasteiger partial charge on any atom is 0.0960 e. The van der Waals surface area contributed by atoms with Gasteiger partial charge >= 0.3 is 0 Å². The third kappa shape index (κ3) is 2.03. The van der Waals surface area contributed by atoms with Crippen molar-refractivity contribution in [2.45, 2.75) is 51.0 Å². The Bertz CT molecular complexity index is 355. The molecular weight excluding hydrogens is 216 g/mol. The van der Waals surface area contributed by atoms with E-state index in [1.165, 1.54) is 42.8 Å². The topological polar surface area (TPSA) is 24.9 Å². The fourth-order valence-corrected chi connectivity index (χ4v) is 4.04. The summed E-state index contributed by atoms with van der Waals surface area (Å²) in [7, 11) is 0. The van der Waals surface area contributed by atoms with Crippen molar-refractivity contribution in [1.29, 1.82) is 0 Å². The largest absolute Gasteiger partial charge is 0.309 e. The van der Waals surface area contributed by atoms with E-state index in [2.05, 4.69) is 17.6 Å². The van der Waals surface area contributed by atoms with Crippen LogP contribution in [0.1, 0.15) is 61.7 Å².